The van der Waals surface area contributed by atoms with Crippen molar-refractivity contribution in [2.24, 2.45) is 0 Å². The molecule has 0 fully saturated rings. The summed E-state index contributed by atoms with van der Waals surface area (Å²) in [5.41, 5.74) is 3.71. The molecule has 214 valence electrons. The zero-order valence-corrected chi connectivity index (χ0v) is 23.7. The fraction of sp³-hybridized carbons (Fsp3) is 0.0769. The highest BCUT2D eigenvalue weighted by atomic mass is 32.2. The fourth-order valence-electron chi connectivity index (χ4n) is 3.93. The zero-order chi connectivity index (χ0) is 30.1. The Labute approximate surface area is 240 Å². The van der Waals surface area contributed by atoms with E-state index >= 15 is 0 Å². The smallest absolute Gasteiger partial charge is 0.264 e. The Morgan fingerprint density at radius 1 is 0.619 bits per heavy atom. The van der Waals surface area contributed by atoms with Crippen LogP contribution in [0.3, 0.4) is 0 Å². The first-order valence-electron chi connectivity index (χ1n) is 12.1. The molecule has 14 nitrogen and oxygen atoms in total. The number of nitrogens with one attached hydrogen (secondary N) is 2. The van der Waals surface area contributed by atoms with Crippen molar-refractivity contribution >= 4 is 31.9 Å². The van der Waals surface area contributed by atoms with Crippen molar-refractivity contribution in [3.05, 3.63) is 85.2 Å². The van der Waals surface area contributed by atoms with Crippen molar-refractivity contribution in [2.75, 3.05) is 0 Å². The van der Waals surface area contributed by atoms with Crippen LogP contribution >= 0.6 is 0 Å². The Kier molecular flexibility index (Phi) is 7.40. The minimum Gasteiger partial charge on any atom is -0.274 e. The molecule has 2 N–H and O–H groups in total. The minimum atomic E-state index is -3.95. The molecule has 42 heavy (non-hydrogen) atoms. The molecule has 0 aliphatic carbocycles. The second kappa shape index (κ2) is 11.0. The summed E-state index contributed by atoms with van der Waals surface area (Å²) >= 11 is 0. The Balaban J connectivity index is 1.34. The summed E-state index contributed by atoms with van der Waals surface area (Å²) in [4.78, 5) is 22.2. The van der Waals surface area contributed by atoms with Gasteiger partial charge < -0.3 is 0 Å². The lowest BCUT2D eigenvalue weighted by molar-refractivity contribution is -0.118. The molecule has 0 unspecified atom stereocenters. The van der Waals surface area contributed by atoms with Gasteiger partial charge in [0.25, 0.3) is 20.0 Å². The first-order valence-corrected chi connectivity index (χ1v) is 15.1. The van der Waals surface area contributed by atoms with E-state index in [-0.39, 0.29) is 9.79 Å². The van der Waals surface area contributed by atoms with E-state index < -0.39 is 31.9 Å². The van der Waals surface area contributed by atoms with Crippen LogP contribution in [0.2, 0.25) is 0 Å². The maximum Gasteiger partial charge on any atom is 0.264 e. The van der Waals surface area contributed by atoms with Crippen LogP contribution in [0.4, 0.5) is 0 Å². The molecule has 5 aromatic rings. The third kappa shape index (κ3) is 6.08. The number of aromatic nitrogens is 6. The van der Waals surface area contributed by atoms with Gasteiger partial charge in [-0.15, -0.1) is 10.2 Å². The molecule has 2 amide bonds. The SMILES string of the molecule is CC(=O)NS(=O)(=O)c1ccc(-n2cc(-c3cccc(-c4cn(-c5ccc(S(=O)(=O)NC(C)=O)cc5)nn4)c3)nn2)cc1. The van der Waals surface area contributed by atoms with Gasteiger partial charge >= 0.3 is 0 Å². The summed E-state index contributed by atoms with van der Waals surface area (Å²) < 4.78 is 55.5. The number of hydrogen-bond acceptors (Lipinski definition) is 10. The van der Waals surface area contributed by atoms with Crippen molar-refractivity contribution < 1.29 is 26.4 Å². The summed E-state index contributed by atoms with van der Waals surface area (Å²) in [5, 5.41) is 16.7. The van der Waals surface area contributed by atoms with E-state index in [9.17, 15) is 26.4 Å². The van der Waals surface area contributed by atoms with Crippen LogP contribution in [-0.4, -0.2) is 58.6 Å². The normalized spacial score (nSPS) is 11.7. The second-order valence-corrected chi connectivity index (χ2v) is 12.4. The van der Waals surface area contributed by atoms with Gasteiger partial charge in [0, 0.05) is 25.0 Å². The quantitative estimate of drug-likeness (QED) is 0.264. The van der Waals surface area contributed by atoms with Crippen molar-refractivity contribution in [1.82, 2.24) is 39.4 Å². The number of sulfonamides is 2. The van der Waals surface area contributed by atoms with E-state index in [1.807, 2.05) is 33.7 Å². The first kappa shape index (κ1) is 28.3. The monoisotopic (exact) mass is 606 g/mol. The third-order valence-corrected chi connectivity index (χ3v) is 8.72. The predicted molar refractivity (Wildman–Crippen MR) is 149 cm³/mol. The fourth-order valence-corrected chi connectivity index (χ4v) is 5.92. The summed E-state index contributed by atoms with van der Waals surface area (Å²) in [6.45, 7) is 2.24. The molecule has 0 radical (unpaired) electrons. The van der Waals surface area contributed by atoms with Crippen LogP contribution in [0.1, 0.15) is 13.8 Å². The number of nitrogens with zero attached hydrogens (tertiary/aromatic N) is 6. The van der Waals surface area contributed by atoms with Gasteiger partial charge in [-0.2, -0.15) is 0 Å². The number of carbonyl (C=O) groups is 2. The molecule has 5 rings (SSSR count). The van der Waals surface area contributed by atoms with Gasteiger partial charge in [0.1, 0.15) is 11.4 Å². The van der Waals surface area contributed by atoms with Crippen LogP contribution in [-0.2, 0) is 29.6 Å². The van der Waals surface area contributed by atoms with Crippen LogP contribution < -0.4 is 9.44 Å². The van der Waals surface area contributed by atoms with Gasteiger partial charge in [0.05, 0.1) is 33.6 Å². The largest absolute Gasteiger partial charge is 0.274 e. The average molecular weight is 607 g/mol. The average Bonchev–Trinajstić information content (AvgIpc) is 3.63. The summed E-state index contributed by atoms with van der Waals surface area (Å²) in [7, 11) is -7.90. The van der Waals surface area contributed by atoms with E-state index in [1.54, 1.807) is 36.7 Å². The lowest BCUT2D eigenvalue weighted by Gasteiger charge is -2.06. The number of amides is 2. The number of benzene rings is 3. The highest BCUT2D eigenvalue weighted by Crippen LogP contribution is 2.25. The number of rotatable bonds is 8. The lowest BCUT2D eigenvalue weighted by Crippen LogP contribution is -2.28. The molecule has 0 saturated heterocycles. The highest BCUT2D eigenvalue weighted by Gasteiger charge is 2.17. The topological polar surface area (TPSA) is 188 Å². The third-order valence-electron chi connectivity index (χ3n) is 5.82. The predicted octanol–water partition coefficient (Wildman–Crippen LogP) is 1.83. The molecule has 0 aliphatic heterocycles. The summed E-state index contributed by atoms with van der Waals surface area (Å²) in [6.07, 6.45) is 3.37. The summed E-state index contributed by atoms with van der Waals surface area (Å²) in [6, 6.07) is 19.0. The molecule has 0 bridgehead atoms. The van der Waals surface area contributed by atoms with Crippen LogP contribution in [0, 0.1) is 0 Å². The molecule has 0 saturated carbocycles. The van der Waals surface area contributed by atoms with Gasteiger partial charge in [-0.1, -0.05) is 28.6 Å². The van der Waals surface area contributed by atoms with Gasteiger partial charge in [-0.05, 0) is 54.6 Å². The van der Waals surface area contributed by atoms with E-state index in [1.165, 1.54) is 33.6 Å². The van der Waals surface area contributed by atoms with Crippen molar-refractivity contribution in [3.8, 4) is 33.9 Å². The van der Waals surface area contributed by atoms with E-state index in [0.717, 1.165) is 25.0 Å². The van der Waals surface area contributed by atoms with Gasteiger partial charge in [-0.25, -0.2) is 35.6 Å². The van der Waals surface area contributed by atoms with Crippen molar-refractivity contribution in [2.45, 2.75) is 23.6 Å². The molecule has 16 heteroatoms. The van der Waals surface area contributed by atoms with E-state index in [2.05, 4.69) is 20.6 Å². The Bertz CT molecular complexity index is 1870. The molecular weight excluding hydrogens is 584 g/mol. The van der Waals surface area contributed by atoms with Gasteiger partial charge in [0.15, 0.2) is 0 Å². The lowest BCUT2D eigenvalue weighted by atomic mass is 10.1. The number of hydrogen-bond donors (Lipinski definition) is 2. The minimum absolute atomic E-state index is 0.0616. The Morgan fingerprint density at radius 2 is 1.00 bits per heavy atom. The van der Waals surface area contributed by atoms with Crippen molar-refractivity contribution in [3.63, 3.8) is 0 Å². The molecular formula is C26H22N8O6S2. The molecule has 0 atom stereocenters. The number of carbonyl (C=O) groups excluding carboxylic acids is 2. The molecule has 2 aromatic heterocycles. The van der Waals surface area contributed by atoms with E-state index in [4.69, 9.17) is 0 Å². The second-order valence-electron chi connectivity index (χ2n) is 8.99. The molecule has 0 aliphatic rings. The summed E-state index contributed by atoms with van der Waals surface area (Å²) in [5.74, 6) is -1.37. The Hall–Kier alpha value is -5.22. The van der Waals surface area contributed by atoms with Crippen LogP contribution in [0.5, 0.6) is 0 Å². The standard InChI is InChI=1S/C26H22N8O6S2/c1-17(35)29-41(37,38)23-10-6-21(7-11-23)33-15-25(27-31-33)19-4-3-5-20(14-19)26-16-34(32-28-26)22-8-12-24(13-9-22)42(39,40)30-18(2)36/h3-16H,1-2H3,(H,29,35)(H,30,36). The van der Waals surface area contributed by atoms with Crippen LogP contribution in [0.15, 0.2) is 95.0 Å². The highest BCUT2D eigenvalue weighted by molar-refractivity contribution is 7.90. The first-order chi connectivity index (χ1) is 19.9. The van der Waals surface area contributed by atoms with Crippen LogP contribution in [0.25, 0.3) is 33.9 Å². The Morgan fingerprint density at radius 3 is 1.36 bits per heavy atom. The maximum atomic E-state index is 12.2. The molecule has 0 spiro atoms. The van der Waals surface area contributed by atoms with Gasteiger partial charge in [0.2, 0.25) is 11.8 Å². The van der Waals surface area contributed by atoms with E-state index in [0.29, 0.717) is 22.8 Å². The molecule has 3 aromatic carbocycles. The maximum absolute atomic E-state index is 12.2. The zero-order valence-electron chi connectivity index (χ0n) is 22.0. The van der Waals surface area contributed by atoms with Crippen molar-refractivity contribution in [1.29, 1.82) is 0 Å². The molecule has 2 heterocycles. The van der Waals surface area contributed by atoms with Gasteiger partial charge in [-0.3, -0.25) is 9.59 Å².